The Bertz CT molecular complexity index is 575. The molecule has 0 bridgehead atoms. The number of nitrogens with one attached hydrogen (secondary N) is 2. The minimum Gasteiger partial charge on any atom is -0.393 e. The lowest BCUT2D eigenvalue weighted by Gasteiger charge is -2.10. The summed E-state index contributed by atoms with van der Waals surface area (Å²) in [5.41, 5.74) is 0.365. The fourth-order valence-corrected chi connectivity index (χ4v) is 4.63. The average molecular weight is 292 g/mol. The van der Waals surface area contributed by atoms with Crippen LogP contribution < -0.4 is 9.60 Å². The van der Waals surface area contributed by atoms with E-state index in [0.29, 0.717) is 30.0 Å². The Morgan fingerprint density at radius 1 is 1.50 bits per heavy atom. The predicted molar refractivity (Wildman–Crippen MR) is 68.2 cm³/mol. The molecule has 0 saturated heterocycles. The van der Waals surface area contributed by atoms with Crippen molar-refractivity contribution in [3.8, 4) is 0 Å². The number of thiazole rings is 1. The standard InChI is InChI=1S/C10H16N2O4S2/c1-6-9(17-10(14)12-6)18(15,16)11-5-7-2-3-8(13)4-7/h7-8,11,13H,2-5H2,1H3,(H,12,14). The smallest absolute Gasteiger partial charge is 0.305 e. The summed E-state index contributed by atoms with van der Waals surface area (Å²) in [4.78, 5) is 13.2. The topological polar surface area (TPSA) is 99.3 Å². The SMILES string of the molecule is Cc1[nH]c(=O)sc1S(=O)(=O)NCC1CCC(O)C1. The van der Waals surface area contributed by atoms with E-state index >= 15 is 0 Å². The van der Waals surface area contributed by atoms with Crippen molar-refractivity contribution in [3.05, 3.63) is 15.4 Å². The number of rotatable bonds is 4. The normalized spacial score (nSPS) is 24.6. The number of aromatic nitrogens is 1. The minimum atomic E-state index is -3.62. The summed E-state index contributed by atoms with van der Waals surface area (Å²) in [5, 5.41) is 9.37. The fourth-order valence-electron chi connectivity index (χ4n) is 2.17. The van der Waals surface area contributed by atoms with Gasteiger partial charge in [0.15, 0.2) is 4.21 Å². The second-order valence-corrected chi connectivity index (χ2v) is 7.56. The van der Waals surface area contributed by atoms with Gasteiger partial charge in [0.2, 0.25) is 0 Å². The summed E-state index contributed by atoms with van der Waals surface area (Å²) in [6.45, 7) is 1.87. The number of hydrogen-bond donors (Lipinski definition) is 3. The molecule has 1 heterocycles. The van der Waals surface area contributed by atoms with Crippen molar-refractivity contribution in [1.82, 2.24) is 9.71 Å². The van der Waals surface area contributed by atoms with Gasteiger partial charge in [-0.2, -0.15) is 0 Å². The van der Waals surface area contributed by atoms with Crippen LogP contribution in [0.1, 0.15) is 25.0 Å². The molecule has 3 N–H and O–H groups in total. The van der Waals surface area contributed by atoms with E-state index in [4.69, 9.17) is 0 Å². The van der Waals surface area contributed by atoms with E-state index < -0.39 is 10.0 Å². The summed E-state index contributed by atoms with van der Waals surface area (Å²) in [6.07, 6.45) is 1.87. The molecule has 1 saturated carbocycles. The monoisotopic (exact) mass is 292 g/mol. The number of aromatic amines is 1. The molecule has 0 aliphatic heterocycles. The number of sulfonamides is 1. The Morgan fingerprint density at radius 3 is 2.72 bits per heavy atom. The molecular formula is C10H16N2O4S2. The number of aliphatic hydroxyl groups excluding tert-OH is 1. The molecule has 0 spiro atoms. The van der Waals surface area contributed by atoms with Crippen LogP contribution in [0.5, 0.6) is 0 Å². The third kappa shape index (κ3) is 3.00. The van der Waals surface area contributed by atoms with Crippen LogP contribution in [0.4, 0.5) is 0 Å². The lowest BCUT2D eigenvalue weighted by atomic mass is 10.1. The molecular weight excluding hydrogens is 276 g/mol. The van der Waals surface area contributed by atoms with Crippen LogP contribution in [0.25, 0.3) is 0 Å². The first-order valence-corrected chi connectivity index (χ1v) is 8.06. The maximum absolute atomic E-state index is 12.0. The molecule has 2 unspecified atom stereocenters. The van der Waals surface area contributed by atoms with Gasteiger partial charge in [-0.3, -0.25) is 4.79 Å². The maximum atomic E-state index is 12.0. The summed E-state index contributed by atoms with van der Waals surface area (Å²) >= 11 is 0.693. The second-order valence-electron chi connectivity index (χ2n) is 4.61. The Labute approximate surface area is 109 Å². The van der Waals surface area contributed by atoms with Crippen molar-refractivity contribution in [2.45, 2.75) is 36.5 Å². The van der Waals surface area contributed by atoms with Gasteiger partial charge in [0, 0.05) is 12.2 Å². The van der Waals surface area contributed by atoms with E-state index in [1.165, 1.54) is 0 Å². The highest BCUT2D eigenvalue weighted by Crippen LogP contribution is 2.25. The molecule has 2 rings (SSSR count). The van der Waals surface area contributed by atoms with Gasteiger partial charge in [-0.25, -0.2) is 13.1 Å². The van der Waals surface area contributed by atoms with Crippen LogP contribution >= 0.6 is 11.3 Å². The number of aliphatic hydroxyl groups is 1. The molecule has 0 aromatic carbocycles. The molecule has 0 amide bonds. The number of aryl methyl sites for hydroxylation is 1. The third-order valence-electron chi connectivity index (χ3n) is 3.10. The Hall–Kier alpha value is -0.700. The first-order chi connectivity index (χ1) is 8.38. The highest BCUT2D eigenvalue weighted by molar-refractivity contribution is 7.91. The molecule has 1 aliphatic carbocycles. The average Bonchev–Trinajstić information content (AvgIpc) is 2.82. The first-order valence-electron chi connectivity index (χ1n) is 5.76. The van der Waals surface area contributed by atoms with Gasteiger partial charge in [-0.15, -0.1) is 0 Å². The summed E-state index contributed by atoms with van der Waals surface area (Å²) in [5.74, 6) is 0.172. The van der Waals surface area contributed by atoms with E-state index in [-0.39, 0.29) is 21.1 Å². The number of hydrogen-bond acceptors (Lipinski definition) is 5. The fraction of sp³-hybridized carbons (Fsp3) is 0.700. The zero-order valence-electron chi connectivity index (χ0n) is 9.97. The van der Waals surface area contributed by atoms with Crippen LogP contribution in [-0.2, 0) is 10.0 Å². The van der Waals surface area contributed by atoms with Crippen molar-refractivity contribution >= 4 is 21.4 Å². The van der Waals surface area contributed by atoms with Crippen LogP contribution in [0.15, 0.2) is 9.00 Å². The molecule has 6 nitrogen and oxygen atoms in total. The van der Waals surface area contributed by atoms with E-state index in [9.17, 15) is 18.3 Å². The molecule has 0 radical (unpaired) electrons. The molecule has 18 heavy (non-hydrogen) atoms. The van der Waals surface area contributed by atoms with Gasteiger partial charge < -0.3 is 10.1 Å². The van der Waals surface area contributed by atoms with Crippen molar-refractivity contribution in [3.63, 3.8) is 0 Å². The summed E-state index contributed by atoms with van der Waals surface area (Å²) in [6, 6.07) is 0. The number of H-pyrrole nitrogens is 1. The molecule has 8 heteroatoms. The van der Waals surface area contributed by atoms with E-state index in [1.54, 1.807) is 6.92 Å². The van der Waals surface area contributed by atoms with Crippen LogP contribution in [0, 0.1) is 12.8 Å². The molecule has 102 valence electrons. The van der Waals surface area contributed by atoms with Crippen molar-refractivity contribution < 1.29 is 13.5 Å². The van der Waals surface area contributed by atoms with Crippen molar-refractivity contribution in [1.29, 1.82) is 0 Å². The lowest BCUT2D eigenvalue weighted by molar-refractivity contribution is 0.178. The van der Waals surface area contributed by atoms with Crippen molar-refractivity contribution in [2.24, 2.45) is 5.92 Å². The van der Waals surface area contributed by atoms with E-state index in [0.717, 1.165) is 12.8 Å². The zero-order chi connectivity index (χ0) is 13.3. The lowest BCUT2D eigenvalue weighted by Crippen LogP contribution is -2.28. The van der Waals surface area contributed by atoms with Gasteiger partial charge in [0.05, 0.1) is 6.10 Å². The van der Waals surface area contributed by atoms with E-state index in [1.807, 2.05) is 0 Å². The minimum absolute atomic E-state index is 0.0473. The second kappa shape index (κ2) is 5.12. The largest absolute Gasteiger partial charge is 0.393 e. The Balaban J connectivity index is 2.04. The summed E-state index contributed by atoms with van der Waals surface area (Å²) < 4.78 is 26.5. The Morgan fingerprint density at radius 2 is 2.22 bits per heavy atom. The molecule has 1 aromatic heterocycles. The van der Waals surface area contributed by atoms with Gasteiger partial charge in [-0.1, -0.05) is 11.3 Å². The molecule has 2 atom stereocenters. The third-order valence-corrected chi connectivity index (χ3v) is 6.13. The van der Waals surface area contributed by atoms with Gasteiger partial charge in [0.25, 0.3) is 10.0 Å². The van der Waals surface area contributed by atoms with Crippen LogP contribution in [0.3, 0.4) is 0 Å². The maximum Gasteiger partial charge on any atom is 0.305 e. The van der Waals surface area contributed by atoms with Gasteiger partial charge >= 0.3 is 4.87 Å². The quantitative estimate of drug-likeness (QED) is 0.737. The highest BCUT2D eigenvalue weighted by Gasteiger charge is 2.26. The molecule has 1 fully saturated rings. The summed E-state index contributed by atoms with van der Waals surface area (Å²) in [7, 11) is -3.62. The van der Waals surface area contributed by atoms with E-state index in [2.05, 4.69) is 9.71 Å². The van der Waals surface area contributed by atoms with Gasteiger partial charge in [-0.05, 0) is 32.1 Å². The highest BCUT2D eigenvalue weighted by atomic mass is 32.2. The Kier molecular flexibility index (Phi) is 3.90. The molecule has 1 aliphatic rings. The molecule has 1 aromatic rings. The first kappa shape index (κ1) is 13.7. The van der Waals surface area contributed by atoms with Crippen molar-refractivity contribution in [2.75, 3.05) is 6.54 Å². The van der Waals surface area contributed by atoms with Crippen LogP contribution in [0.2, 0.25) is 0 Å². The predicted octanol–water partition coefficient (Wildman–Crippen LogP) is 0.184. The zero-order valence-corrected chi connectivity index (χ0v) is 11.6. The van der Waals surface area contributed by atoms with Crippen LogP contribution in [-0.4, -0.2) is 31.2 Å². The van der Waals surface area contributed by atoms with Gasteiger partial charge in [0.1, 0.15) is 0 Å².